The summed E-state index contributed by atoms with van der Waals surface area (Å²) in [6.45, 7) is 3.43. The number of hydrogen-bond donors (Lipinski definition) is 2. The summed E-state index contributed by atoms with van der Waals surface area (Å²) in [6, 6.07) is 6.37. The number of para-hydroxylation sites is 1. The number of phenols is 1. The Kier molecular flexibility index (Phi) is 3.48. The Balaban J connectivity index is 2.83. The van der Waals surface area contributed by atoms with Gasteiger partial charge in [-0.3, -0.25) is 4.79 Å². The van der Waals surface area contributed by atoms with Gasteiger partial charge in [-0.25, -0.2) is 0 Å². The molecule has 3 nitrogen and oxygen atoms in total. The second kappa shape index (κ2) is 4.45. The van der Waals surface area contributed by atoms with Gasteiger partial charge in [0.15, 0.2) is 5.78 Å². The van der Waals surface area contributed by atoms with E-state index in [1.165, 1.54) is 6.07 Å². The molecule has 0 bridgehead atoms. The summed E-state index contributed by atoms with van der Waals surface area (Å²) in [7, 11) is 0. The van der Waals surface area contributed by atoms with Gasteiger partial charge in [-0.05, 0) is 25.5 Å². The van der Waals surface area contributed by atoms with Crippen LogP contribution in [0.25, 0.3) is 0 Å². The van der Waals surface area contributed by atoms with E-state index >= 15 is 0 Å². The molecule has 0 fully saturated rings. The average Bonchev–Trinajstić information content (AvgIpc) is 2.17. The number of hydrogen-bond acceptors (Lipinski definition) is 3. The number of Topliss-reactive ketones (excluding diaryl/α,β-unsaturated/α-hetero) is 1. The van der Waals surface area contributed by atoms with Crippen LogP contribution in [-0.4, -0.2) is 21.6 Å². The van der Waals surface area contributed by atoms with Crippen LogP contribution in [0.4, 0.5) is 0 Å². The third kappa shape index (κ3) is 3.06. The van der Waals surface area contributed by atoms with Gasteiger partial charge in [-0.2, -0.15) is 0 Å². The highest BCUT2D eigenvalue weighted by Crippen LogP contribution is 2.22. The number of aromatic hydroxyl groups is 1. The Hall–Kier alpha value is -1.35. The number of phenolic OH excluding ortho intramolecular Hbond substituents is 1. The van der Waals surface area contributed by atoms with E-state index in [4.69, 9.17) is 0 Å². The Morgan fingerprint density at radius 1 is 1.40 bits per heavy atom. The van der Waals surface area contributed by atoms with Gasteiger partial charge < -0.3 is 10.2 Å². The van der Waals surface area contributed by atoms with Crippen molar-refractivity contribution in [2.75, 3.05) is 0 Å². The first kappa shape index (κ1) is 11.7. The number of aliphatic hydroxyl groups is 1. The molecule has 1 atom stereocenters. The summed E-state index contributed by atoms with van der Waals surface area (Å²) in [6.07, 6.45) is 0.535. The van der Waals surface area contributed by atoms with Crippen molar-refractivity contribution < 1.29 is 15.0 Å². The molecule has 2 N–H and O–H groups in total. The number of carbonyl (C=O) groups is 1. The lowest BCUT2D eigenvalue weighted by molar-refractivity contribution is 0.0427. The minimum Gasteiger partial charge on any atom is -0.507 e. The largest absolute Gasteiger partial charge is 0.507 e. The SMILES string of the molecule is CCC(C)(O)CC(=O)c1ccccc1O. The first-order valence-electron chi connectivity index (χ1n) is 5.00. The molecule has 0 heterocycles. The summed E-state index contributed by atoms with van der Waals surface area (Å²) < 4.78 is 0. The third-order valence-corrected chi connectivity index (χ3v) is 2.51. The Labute approximate surface area is 89.4 Å². The van der Waals surface area contributed by atoms with E-state index in [2.05, 4.69) is 0 Å². The van der Waals surface area contributed by atoms with Gasteiger partial charge in [0.25, 0.3) is 0 Å². The van der Waals surface area contributed by atoms with Gasteiger partial charge in [0.1, 0.15) is 5.75 Å². The monoisotopic (exact) mass is 208 g/mol. The lowest BCUT2D eigenvalue weighted by atomic mass is 9.93. The molecule has 0 amide bonds. The molecule has 0 radical (unpaired) electrons. The van der Waals surface area contributed by atoms with E-state index in [1.54, 1.807) is 25.1 Å². The van der Waals surface area contributed by atoms with Crippen molar-refractivity contribution in [1.82, 2.24) is 0 Å². The van der Waals surface area contributed by atoms with Crippen LogP contribution >= 0.6 is 0 Å². The van der Waals surface area contributed by atoms with Crippen molar-refractivity contribution in [2.45, 2.75) is 32.3 Å². The summed E-state index contributed by atoms with van der Waals surface area (Å²) in [5.41, 5.74) is -0.731. The second-order valence-corrected chi connectivity index (χ2v) is 3.97. The molecule has 15 heavy (non-hydrogen) atoms. The lowest BCUT2D eigenvalue weighted by Gasteiger charge is -2.20. The van der Waals surface area contributed by atoms with E-state index in [9.17, 15) is 15.0 Å². The summed E-state index contributed by atoms with van der Waals surface area (Å²) >= 11 is 0. The Morgan fingerprint density at radius 3 is 2.53 bits per heavy atom. The first-order chi connectivity index (χ1) is 6.96. The molecule has 1 aromatic rings. The molecule has 82 valence electrons. The van der Waals surface area contributed by atoms with Crippen LogP contribution < -0.4 is 0 Å². The summed E-state index contributed by atoms with van der Waals surface area (Å²) in [5, 5.41) is 19.2. The smallest absolute Gasteiger partial charge is 0.169 e. The van der Waals surface area contributed by atoms with E-state index in [0.29, 0.717) is 6.42 Å². The molecule has 0 saturated carbocycles. The van der Waals surface area contributed by atoms with Crippen molar-refractivity contribution in [2.24, 2.45) is 0 Å². The molecule has 3 heteroatoms. The van der Waals surface area contributed by atoms with Crippen LogP contribution in [0.5, 0.6) is 5.75 Å². The quantitative estimate of drug-likeness (QED) is 0.745. The Bertz CT molecular complexity index is 356. The highest BCUT2D eigenvalue weighted by atomic mass is 16.3. The van der Waals surface area contributed by atoms with Crippen molar-refractivity contribution in [1.29, 1.82) is 0 Å². The number of rotatable bonds is 4. The van der Waals surface area contributed by atoms with Gasteiger partial charge >= 0.3 is 0 Å². The van der Waals surface area contributed by atoms with E-state index in [1.807, 2.05) is 6.92 Å². The standard InChI is InChI=1S/C12H16O3/c1-3-12(2,15)8-11(14)9-6-4-5-7-10(9)13/h4-7,13,15H,3,8H2,1-2H3. The Morgan fingerprint density at radius 2 is 2.00 bits per heavy atom. The zero-order valence-electron chi connectivity index (χ0n) is 9.03. The zero-order chi connectivity index (χ0) is 11.5. The number of benzene rings is 1. The van der Waals surface area contributed by atoms with Crippen LogP contribution in [0.15, 0.2) is 24.3 Å². The molecule has 0 spiro atoms. The molecule has 0 aliphatic heterocycles. The van der Waals surface area contributed by atoms with E-state index in [0.717, 1.165) is 0 Å². The molecule has 1 unspecified atom stereocenters. The second-order valence-electron chi connectivity index (χ2n) is 3.97. The maximum absolute atomic E-state index is 11.7. The normalized spacial score (nSPS) is 14.6. The highest BCUT2D eigenvalue weighted by Gasteiger charge is 2.23. The highest BCUT2D eigenvalue weighted by molar-refractivity contribution is 5.99. The van der Waals surface area contributed by atoms with Crippen LogP contribution in [0, 0.1) is 0 Å². The zero-order valence-corrected chi connectivity index (χ0v) is 9.03. The minimum atomic E-state index is -1.00. The molecular weight excluding hydrogens is 192 g/mol. The predicted molar refractivity (Wildman–Crippen MR) is 58.0 cm³/mol. The average molecular weight is 208 g/mol. The number of ketones is 1. The molecule has 1 aromatic carbocycles. The summed E-state index contributed by atoms with van der Waals surface area (Å²) in [5.74, 6) is -0.269. The minimum absolute atomic E-state index is 0.0288. The molecule has 0 aliphatic carbocycles. The molecular formula is C12H16O3. The fraction of sp³-hybridized carbons (Fsp3) is 0.417. The fourth-order valence-electron chi connectivity index (χ4n) is 1.28. The third-order valence-electron chi connectivity index (χ3n) is 2.51. The topological polar surface area (TPSA) is 57.5 Å². The fourth-order valence-corrected chi connectivity index (χ4v) is 1.28. The van der Waals surface area contributed by atoms with Gasteiger partial charge in [-0.1, -0.05) is 19.1 Å². The molecule has 0 aliphatic rings. The van der Waals surface area contributed by atoms with Gasteiger partial charge in [0, 0.05) is 6.42 Å². The van der Waals surface area contributed by atoms with Crippen molar-refractivity contribution in [3.05, 3.63) is 29.8 Å². The molecule has 0 aromatic heterocycles. The first-order valence-corrected chi connectivity index (χ1v) is 5.00. The van der Waals surface area contributed by atoms with E-state index < -0.39 is 5.60 Å². The van der Waals surface area contributed by atoms with E-state index in [-0.39, 0.29) is 23.5 Å². The lowest BCUT2D eigenvalue weighted by Crippen LogP contribution is -2.26. The van der Waals surface area contributed by atoms with Crippen molar-refractivity contribution >= 4 is 5.78 Å². The molecule has 1 rings (SSSR count). The predicted octanol–water partition coefficient (Wildman–Crippen LogP) is 2.13. The summed E-state index contributed by atoms with van der Waals surface area (Å²) in [4.78, 5) is 11.7. The van der Waals surface area contributed by atoms with Crippen molar-refractivity contribution in [3.8, 4) is 5.75 Å². The molecule has 0 saturated heterocycles. The maximum Gasteiger partial charge on any atom is 0.169 e. The van der Waals surface area contributed by atoms with Crippen LogP contribution in [0.1, 0.15) is 37.0 Å². The maximum atomic E-state index is 11.7. The van der Waals surface area contributed by atoms with Crippen LogP contribution in [-0.2, 0) is 0 Å². The van der Waals surface area contributed by atoms with Crippen LogP contribution in [0.2, 0.25) is 0 Å². The van der Waals surface area contributed by atoms with Crippen molar-refractivity contribution in [3.63, 3.8) is 0 Å². The van der Waals surface area contributed by atoms with Gasteiger partial charge in [0.2, 0.25) is 0 Å². The van der Waals surface area contributed by atoms with Gasteiger partial charge in [-0.15, -0.1) is 0 Å². The van der Waals surface area contributed by atoms with Gasteiger partial charge in [0.05, 0.1) is 11.2 Å². The van der Waals surface area contributed by atoms with Crippen LogP contribution in [0.3, 0.4) is 0 Å². The number of carbonyl (C=O) groups excluding carboxylic acids is 1.